The Hall–Kier alpha value is -1.08. The highest BCUT2D eigenvalue weighted by Crippen LogP contribution is 1.97. The molecule has 0 aliphatic heterocycles. The summed E-state index contributed by atoms with van der Waals surface area (Å²) in [5.41, 5.74) is 1.17. The summed E-state index contributed by atoms with van der Waals surface area (Å²) in [6.07, 6.45) is 3.11. The van der Waals surface area contributed by atoms with Gasteiger partial charge in [0, 0.05) is 0 Å². The van der Waals surface area contributed by atoms with E-state index in [1.54, 1.807) is 0 Å². The van der Waals surface area contributed by atoms with Crippen LogP contribution in [0, 0.1) is 0 Å². The minimum atomic E-state index is 1.17. The predicted molar refractivity (Wildman–Crippen MR) is 74.6 cm³/mol. The number of hydrogen-bond donors (Lipinski definition) is 0. The van der Waals surface area contributed by atoms with Gasteiger partial charge in [-0.25, -0.2) is 0 Å². The van der Waals surface area contributed by atoms with Gasteiger partial charge in [-0.1, -0.05) is 63.8 Å². The first-order valence-electron chi connectivity index (χ1n) is 6.18. The maximum Gasteiger partial charge on any atom is -0.00216 e. The third-order valence-corrected chi connectivity index (χ3v) is 2.47. The lowest BCUT2D eigenvalue weighted by Crippen LogP contribution is -2.23. The molecule has 1 nitrogen and oxygen atoms in total. The fraction of sp³-hybridized carbons (Fsp3) is 0.467. The minimum absolute atomic E-state index is 1.17. The zero-order chi connectivity index (χ0) is 12.2. The van der Waals surface area contributed by atoms with Gasteiger partial charge in [0.2, 0.25) is 0 Å². The Kier molecular flexibility index (Phi) is 9.73. The monoisotopic (exact) mass is 219 g/mol. The Bertz CT molecular complexity index is 249. The van der Waals surface area contributed by atoms with Crippen LogP contribution < -0.4 is 0 Å². The molecule has 0 atom stereocenters. The molecule has 0 amide bonds. The summed E-state index contributed by atoms with van der Waals surface area (Å²) in [5.74, 6) is 0. The molecule has 0 spiro atoms. The molecule has 0 aliphatic carbocycles. The number of rotatable bonds is 5. The number of hydrogen-bond acceptors (Lipinski definition) is 1. The van der Waals surface area contributed by atoms with E-state index in [1.807, 2.05) is 36.4 Å². The topological polar surface area (TPSA) is 3.24 Å². The lowest BCUT2D eigenvalue weighted by Gasteiger charge is -2.15. The summed E-state index contributed by atoms with van der Waals surface area (Å²) in [5, 5.41) is 0. The van der Waals surface area contributed by atoms with Crippen molar-refractivity contribution < 1.29 is 0 Å². The van der Waals surface area contributed by atoms with E-state index in [9.17, 15) is 0 Å². The van der Waals surface area contributed by atoms with E-state index in [0.29, 0.717) is 0 Å². The first kappa shape index (κ1) is 14.9. The Morgan fingerprint density at radius 1 is 1.06 bits per heavy atom. The molecule has 16 heavy (non-hydrogen) atoms. The van der Waals surface area contributed by atoms with Crippen LogP contribution in [0.2, 0.25) is 0 Å². The normalized spacial score (nSPS) is 9.50. The highest BCUT2D eigenvalue weighted by molar-refractivity contribution is 5.45. The molecule has 0 N–H and O–H groups in total. The van der Waals surface area contributed by atoms with Crippen LogP contribution in [0.15, 0.2) is 36.9 Å². The van der Waals surface area contributed by atoms with Crippen LogP contribution in [-0.4, -0.2) is 24.5 Å². The fourth-order valence-corrected chi connectivity index (χ4v) is 1.45. The number of nitrogens with zero attached hydrogens (tertiary/aromatic N) is 1. The maximum atomic E-state index is 3.63. The van der Waals surface area contributed by atoms with Crippen molar-refractivity contribution in [3.63, 3.8) is 0 Å². The van der Waals surface area contributed by atoms with Gasteiger partial charge < -0.3 is 4.90 Å². The summed E-state index contributed by atoms with van der Waals surface area (Å²) >= 11 is 0. The smallest absolute Gasteiger partial charge is 0.00216 e. The molecule has 0 radical (unpaired) electrons. The Morgan fingerprint density at radius 2 is 1.62 bits per heavy atom. The molecule has 0 fully saturated rings. The Balaban J connectivity index is 0.000000281. The van der Waals surface area contributed by atoms with Crippen molar-refractivity contribution in [1.29, 1.82) is 0 Å². The van der Waals surface area contributed by atoms with Gasteiger partial charge in [0.15, 0.2) is 0 Å². The van der Waals surface area contributed by atoms with Crippen molar-refractivity contribution >= 4 is 6.08 Å². The fourth-order valence-electron chi connectivity index (χ4n) is 1.45. The second-order valence-corrected chi connectivity index (χ2v) is 3.64. The molecule has 1 rings (SSSR count). The maximum absolute atomic E-state index is 3.63. The van der Waals surface area contributed by atoms with E-state index < -0.39 is 0 Å². The lowest BCUT2D eigenvalue weighted by molar-refractivity contribution is 0.304. The van der Waals surface area contributed by atoms with Crippen LogP contribution in [-0.2, 0) is 0 Å². The molecule has 0 aromatic heterocycles. The first-order chi connectivity index (χ1) is 7.78. The van der Waals surface area contributed by atoms with E-state index in [1.165, 1.54) is 31.6 Å². The van der Waals surface area contributed by atoms with Gasteiger partial charge >= 0.3 is 0 Å². The molecule has 0 bridgehead atoms. The van der Waals surface area contributed by atoms with Crippen molar-refractivity contribution in [2.75, 3.05) is 19.6 Å². The van der Waals surface area contributed by atoms with Crippen LogP contribution in [0.4, 0.5) is 0 Å². The van der Waals surface area contributed by atoms with Gasteiger partial charge in [0.1, 0.15) is 0 Å². The molecular formula is C15H25N. The molecule has 1 aromatic carbocycles. The summed E-state index contributed by atoms with van der Waals surface area (Å²) in [6.45, 7) is 13.9. The SMILES string of the molecule is C=Cc1ccccc1.CCCN(CC)CC. The second-order valence-electron chi connectivity index (χ2n) is 3.64. The summed E-state index contributed by atoms with van der Waals surface area (Å²) in [7, 11) is 0. The van der Waals surface area contributed by atoms with E-state index in [2.05, 4.69) is 32.3 Å². The molecule has 0 unspecified atom stereocenters. The van der Waals surface area contributed by atoms with Crippen molar-refractivity contribution in [1.82, 2.24) is 4.90 Å². The molecule has 90 valence electrons. The molecule has 0 saturated heterocycles. The highest BCUT2D eigenvalue weighted by atomic mass is 15.1. The number of benzene rings is 1. The van der Waals surface area contributed by atoms with E-state index in [4.69, 9.17) is 0 Å². The first-order valence-corrected chi connectivity index (χ1v) is 6.18. The van der Waals surface area contributed by atoms with Crippen LogP contribution in [0.3, 0.4) is 0 Å². The largest absolute Gasteiger partial charge is 0.304 e. The Labute approximate surface area is 101 Å². The zero-order valence-corrected chi connectivity index (χ0v) is 10.9. The van der Waals surface area contributed by atoms with Crippen LogP contribution in [0.25, 0.3) is 6.08 Å². The van der Waals surface area contributed by atoms with Crippen LogP contribution in [0.5, 0.6) is 0 Å². The average molecular weight is 219 g/mol. The zero-order valence-electron chi connectivity index (χ0n) is 10.9. The minimum Gasteiger partial charge on any atom is -0.304 e. The summed E-state index contributed by atoms with van der Waals surface area (Å²) in [6, 6.07) is 10.0. The van der Waals surface area contributed by atoms with E-state index >= 15 is 0 Å². The van der Waals surface area contributed by atoms with Crippen molar-refractivity contribution in [2.45, 2.75) is 27.2 Å². The van der Waals surface area contributed by atoms with Crippen molar-refractivity contribution in [2.24, 2.45) is 0 Å². The molecule has 0 aliphatic rings. The summed E-state index contributed by atoms with van der Waals surface area (Å²) < 4.78 is 0. The van der Waals surface area contributed by atoms with Gasteiger partial charge in [0.25, 0.3) is 0 Å². The average Bonchev–Trinajstić information content (AvgIpc) is 2.37. The third kappa shape index (κ3) is 7.24. The standard InChI is InChI=1S/C8H8.C7H17N/c1-2-8-6-4-3-5-7-8;1-4-7-8(5-2)6-3/h2-7H,1H2;4-7H2,1-3H3. The molecule has 0 heterocycles. The van der Waals surface area contributed by atoms with Crippen molar-refractivity contribution in [3.05, 3.63) is 42.5 Å². The van der Waals surface area contributed by atoms with E-state index in [0.717, 1.165) is 0 Å². The molecule has 1 heteroatoms. The lowest BCUT2D eigenvalue weighted by atomic mass is 10.2. The van der Waals surface area contributed by atoms with Gasteiger partial charge in [-0.2, -0.15) is 0 Å². The molecule has 1 aromatic rings. The third-order valence-electron chi connectivity index (χ3n) is 2.47. The van der Waals surface area contributed by atoms with E-state index in [-0.39, 0.29) is 0 Å². The van der Waals surface area contributed by atoms with Crippen LogP contribution >= 0.6 is 0 Å². The highest BCUT2D eigenvalue weighted by Gasteiger charge is 1.92. The van der Waals surface area contributed by atoms with Gasteiger partial charge in [0.05, 0.1) is 0 Å². The van der Waals surface area contributed by atoms with Gasteiger partial charge in [-0.3, -0.25) is 0 Å². The Morgan fingerprint density at radius 3 is 1.88 bits per heavy atom. The molecular weight excluding hydrogens is 194 g/mol. The summed E-state index contributed by atoms with van der Waals surface area (Å²) in [4.78, 5) is 2.43. The molecule has 0 saturated carbocycles. The quantitative estimate of drug-likeness (QED) is 0.721. The van der Waals surface area contributed by atoms with Crippen molar-refractivity contribution in [3.8, 4) is 0 Å². The second kappa shape index (κ2) is 10.4. The predicted octanol–water partition coefficient (Wildman–Crippen LogP) is 4.07. The van der Waals surface area contributed by atoms with Gasteiger partial charge in [-0.15, -0.1) is 0 Å². The van der Waals surface area contributed by atoms with Gasteiger partial charge in [-0.05, 0) is 31.6 Å². The van der Waals surface area contributed by atoms with Crippen LogP contribution in [0.1, 0.15) is 32.8 Å².